The first kappa shape index (κ1) is 20.8. The maximum Gasteiger partial charge on any atom is 0.416 e. The minimum absolute atomic E-state index is 0.0864. The smallest absolute Gasteiger partial charge is 0.416 e. The molecule has 3 rings (SSSR count). The normalized spacial score (nSPS) is 15.9. The van der Waals surface area contributed by atoms with Crippen LogP contribution in [-0.2, 0) is 15.8 Å². The van der Waals surface area contributed by atoms with E-state index in [2.05, 4.69) is 10.6 Å². The van der Waals surface area contributed by atoms with Crippen molar-refractivity contribution in [1.29, 1.82) is 0 Å². The first-order chi connectivity index (χ1) is 13.7. The van der Waals surface area contributed by atoms with Gasteiger partial charge in [-0.15, -0.1) is 11.8 Å². The Bertz CT molecular complexity index is 950. The summed E-state index contributed by atoms with van der Waals surface area (Å²) in [6, 6.07) is 7.99. The highest BCUT2D eigenvalue weighted by Gasteiger charge is 2.34. The van der Waals surface area contributed by atoms with Crippen molar-refractivity contribution in [3.8, 4) is 11.5 Å². The number of benzene rings is 2. The van der Waals surface area contributed by atoms with Gasteiger partial charge in [0, 0.05) is 17.4 Å². The minimum atomic E-state index is -4.50. The molecule has 6 nitrogen and oxygen atoms in total. The number of hydrogen-bond acceptors (Lipinski definition) is 5. The Morgan fingerprint density at radius 3 is 2.59 bits per heavy atom. The molecule has 2 amide bonds. The molecule has 2 N–H and O–H groups in total. The summed E-state index contributed by atoms with van der Waals surface area (Å²) in [6.07, 6.45) is -4.66. The average molecular weight is 426 g/mol. The molecule has 1 aliphatic heterocycles. The van der Waals surface area contributed by atoms with E-state index < -0.39 is 28.8 Å². The monoisotopic (exact) mass is 426 g/mol. The summed E-state index contributed by atoms with van der Waals surface area (Å²) in [5.41, 5.74) is -0.349. The second-order valence-corrected chi connectivity index (χ2v) is 7.37. The van der Waals surface area contributed by atoms with Crippen LogP contribution >= 0.6 is 11.8 Å². The molecule has 2 aromatic rings. The van der Waals surface area contributed by atoms with Crippen LogP contribution in [0.3, 0.4) is 0 Å². The van der Waals surface area contributed by atoms with Crippen LogP contribution in [-0.4, -0.2) is 31.3 Å². The molecule has 2 aromatic carbocycles. The molecule has 29 heavy (non-hydrogen) atoms. The van der Waals surface area contributed by atoms with Gasteiger partial charge in [0.2, 0.25) is 11.8 Å². The first-order valence-corrected chi connectivity index (χ1v) is 9.30. The van der Waals surface area contributed by atoms with E-state index in [1.54, 1.807) is 18.2 Å². The summed E-state index contributed by atoms with van der Waals surface area (Å²) < 4.78 is 48.8. The molecular formula is C19H17F3N2O4S. The first-order valence-electron chi connectivity index (χ1n) is 8.42. The Hall–Kier alpha value is -2.88. The number of carbonyl (C=O) groups is 2. The van der Waals surface area contributed by atoms with Gasteiger partial charge in [0.1, 0.15) is 11.5 Å². The van der Waals surface area contributed by atoms with Crippen molar-refractivity contribution in [2.24, 2.45) is 0 Å². The van der Waals surface area contributed by atoms with Crippen LogP contribution in [0.5, 0.6) is 11.5 Å². The van der Waals surface area contributed by atoms with Gasteiger partial charge in [-0.2, -0.15) is 13.2 Å². The van der Waals surface area contributed by atoms with E-state index in [4.69, 9.17) is 9.47 Å². The van der Waals surface area contributed by atoms with Crippen LogP contribution in [0.1, 0.15) is 12.0 Å². The molecule has 0 aliphatic carbocycles. The lowest BCUT2D eigenvalue weighted by Crippen LogP contribution is -2.32. The average Bonchev–Trinajstić information content (AvgIpc) is 2.67. The van der Waals surface area contributed by atoms with E-state index in [1.165, 1.54) is 20.3 Å². The number of rotatable bonds is 5. The Morgan fingerprint density at radius 1 is 1.17 bits per heavy atom. The van der Waals surface area contributed by atoms with E-state index in [0.717, 1.165) is 23.9 Å². The quantitative estimate of drug-likeness (QED) is 0.751. The van der Waals surface area contributed by atoms with Crippen LogP contribution in [0, 0.1) is 0 Å². The van der Waals surface area contributed by atoms with Gasteiger partial charge in [0.25, 0.3) is 0 Å². The van der Waals surface area contributed by atoms with Crippen molar-refractivity contribution < 1.29 is 32.2 Å². The summed E-state index contributed by atoms with van der Waals surface area (Å²) in [5, 5.41) is 4.35. The zero-order valence-corrected chi connectivity index (χ0v) is 16.2. The van der Waals surface area contributed by atoms with Crippen molar-refractivity contribution in [2.75, 3.05) is 24.9 Å². The molecule has 154 valence electrons. The Balaban J connectivity index is 1.70. The largest absolute Gasteiger partial charge is 0.497 e. The van der Waals surface area contributed by atoms with E-state index >= 15 is 0 Å². The lowest BCUT2D eigenvalue weighted by molar-refractivity contribution is -0.137. The van der Waals surface area contributed by atoms with E-state index in [9.17, 15) is 22.8 Å². The fourth-order valence-electron chi connectivity index (χ4n) is 2.73. The van der Waals surface area contributed by atoms with Crippen LogP contribution in [0.15, 0.2) is 41.3 Å². The van der Waals surface area contributed by atoms with Gasteiger partial charge in [0.15, 0.2) is 0 Å². The zero-order valence-electron chi connectivity index (χ0n) is 15.4. The van der Waals surface area contributed by atoms with E-state index in [-0.39, 0.29) is 12.1 Å². The predicted molar refractivity (Wildman–Crippen MR) is 103 cm³/mol. The number of amides is 2. The van der Waals surface area contributed by atoms with Crippen molar-refractivity contribution in [3.05, 3.63) is 42.0 Å². The van der Waals surface area contributed by atoms with Crippen molar-refractivity contribution in [3.63, 3.8) is 0 Å². The Kier molecular flexibility index (Phi) is 5.92. The maximum absolute atomic E-state index is 12.8. The number of carbonyl (C=O) groups excluding carboxylic acids is 2. The van der Waals surface area contributed by atoms with Crippen molar-refractivity contribution in [2.45, 2.75) is 22.7 Å². The third-order valence-electron chi connectivity index (χ3n) is 4.18. The van der Waals surface area contributed by atoms with Gasteiger partial charge >= 0.3 is 6.18 Å². The molecule has 0 saturated carbocycles. The van der Waals surface area contributed by atoms with Gasteiger partial charge in [-0.3, -0.25) is 9.59 Å². The third-order valence-corrected chi connectivity index (χ3v) is 5.46. The second-order valence-electron chi connectivity index (χ2n) is 6.12. The highest BCUT2D eigenvalue weighted by molar-refractivity contribution is 8.01. The molecule has 1 aliphatic rings. The molecule has 0 radical (unpaired) electrons. The fourth-order valence-corrected chi connectivity index (χ4v) is 3.82. The molecule has 0 fully saturated rings. The Labute approximate surface area is 168 Å². The van der Waals surface area contributed by atoms with Gasteiger partial charge in [-0.1, -0.05) is 0 Å². The van der Waals surface area contributed by atoms with Gasteiger partial charge in [0.05, 0.1) is 36.4 Å². The standard InChI is InChI=1S/C19H17F3N2O4S/c1-27-11-4-5-12(14(8-11)28-2)23-17(25)9-16-18(26)24-13-7-10(19(20,21)22)3-6-15(13)29-16/h3-8,16H,9H2,1-2H3,(H,23,25)(H,24,26)/t16-/m0/s1. The van der Waals surface area contributed by atoms with Gasteiger partial charge in [-0.25, -0.2) is 0 Å². The van der Waals surface area contributed by atoms with E-state index in [1.807, 2.05) is 0 Å². The molecule has 1 heterocycles. The number of hydrogen-bond donors (Lipinski definition) is 2. The van der Waals surface area contributed by atoms with Crippen molar-refractivity contribution >= 4 is 35.0 Å². The number of thioether (sulfide) groups is 1. The summed E-state index contributed by atoms with van der Waals surface area (Å²) in [5.74, 6) is -0.0180. The van der Waals surface area contributed by atoms with Gasteiger partial charge in [-0.05, 0) is 30.3 Å². The Morgan fingerprint density at radius 2 is 1.93 bits per heavy atom. The number of halogens is 3. The van der Waals surface area contributed by atoms with Gasteiger partial charge < -0.3 is 20.1 Å². The molecule has 0 spiro atoms. The molecule has 10 heteroatoms. The topological polar surface area (TPSA) is 76.7 Å². The third kappa shape index (κ3) is 4.76. The predicted octanol–water partition coefficient (Wildman–Crippen LogP) is 4.16. The highest BCUT2D eigenvalue weighted by Crippen LogP contribution is 2.40. The molecule has 0 bridgehead atoms. The van der Waals surface area contributed by atoms with Crippen LogP contribution < -0.4 is 20.1 Å². The molecule has 0 saturated heterocycles. The van der Waals surface area contributed by atoms with E-state index in [0.29, 0.717) is 22.1 Å². The lowest BCUT2D eigenvalue weighted by atomic mass is 10.1. The minimum Gasteiger partial charge on any atom is -0.497 e. The zero-order chi connectivity index (χ0) is 21.2. The molecule has 0 unspecified atom stereocenters. The highest BCUT2D eigenvalue weighted by atomic mass is 32.2. The number of methoxy groups -OCH3 is 2. The molecular weight excluding hydrogens is 409 g/mol. The number of alkyl halides is 3. The summed E-state index contributed by atoms with van der Waals surface area (Å²) in [7, 11) is 2.95. The van der Waals surface area contributed by atoms with Crippen LogP contribution in [0.25, 0.3) is 0 Å². The molecule has 0 aromatic heterocycles. The summed E-state index contributed by atoms with van der Waals surface area (Å²) >= 11 is 1.05. The SMILES string of the molecule is COc1ccc(NC(=O)C[C@@H]2Sc3ccc(C(F)(F)F)cc3NC2=O)c(OC)c1. The summed E-state index contributed by atoms with van der Waals surface area (Å²) in [4.78, 5) is 25.2. The number of fused-ring (bicyclic) bond motifs is 1. The van der Waals surface area contributed by atoms with Crippen LogP contribution in [0.4, 0.5) is 24.5 Å². The number of ether oxygens (including phenoxy) is 2. The lowest BCUT2D eigenvalue weighted by Gasteiger charge is -2.24. The molecule has 1 atom stereocenters. The fraction of sp³-hybridized carbons (Fsp3) is 0.263. The second kappa shape index (κ2) is 8.24. The van der Waals surface area contributed by atoms with Crippen molar-refractivity contribution in [1.82, 2.24) is 0 Å². The number of anilines is 2. The maximum atomic E-state index is 12.8. The number of nitrogens with one attached hydrogen (secondary N) is 2. The van der Waals surface area contributed by atoms with Crippen LogP contribution in [0.2, 0.25) is 0 Å². The summed E-state index contributed by atoms with van der Waals surface area (Å²) in [6.45, 7) is 0.